The molecule has 4 heterocycles. The monoisotopic (exact) mass is 355 g/mol. The van der Waals surface area contributed by atoms with E-state index in [1.165, 1.54) is 0 Å². The number of hydrogen-bond donors (Lipinski definition) is 2. The number of aromatic amines is 2. The van der Waals surface area contributed by atoms with E-state index in [0.29, 0.717) is 5.92 Å². The minimum Gasteiger partial charge on any atom is -0.444 e. The number of rotatable bonds is 2. The number of aromatic nitrogens is 4. The number of piperidine rings is 1. The predicted octanol–water partition coefficient (Wildman–Crippen LogP) is 3.63. The van der Waals surface area contributed by atoms with Gasteiger partial charge in [0.25, 0.3) is 0 Å². The maximum absolute atomic E-state index is 12.2. The summed E-state index contributed by atoms with van der Waals surface area (Å²) in [5.41, 5.74) is 2.50. The zero-order valence-electron chi connectivity index (χ0n) is 15.5. The Kier molecular flexibility index (Phi) is 4.09. The molecule has 0 radical (unpaired) electrons. The molecule has 2 N–H and O–H groups in total. The number of carbonyl (C=O) groups excluding carboxylic acids is 1. The lowest BCUT2D eigenvalue weighted by Gasteiger charge is -2.33. The van der Waals surface area contributed by atoms with Crippen molar-refractivity contribution in [1.29, 1.82) is 0 Å². The number of carbonyl (C=O) groups is 1. The van der Waals surface area contributed by atoms with Crippen LogP contribution in [0.2, 0.25) is 0 Å². The van der Waals surface area contributed by atoms with Crippen molar-refractivity contribution in [2.75, 3.05) is 13.1 Å². The maximum atomic E-state index is 12.2. The number of ether oxygens (including phenoxy) is 1. The zero-order chi connectivity index (χ0) is 18.3. The fourth-order valence-corrected chi connectivity index (χ4v) is 3.65. The summed E-state index contributed by atoms with van der Waals surface area (Å²) < 4.78 is 5.47. The molecule has 3 aromatic heterocycles. The molecule has 7 heteroatoms. The normalized spacial score (nSPS) is 16.5. The minimum absolute atomic E-state index is 0.207. The number of amides is 1. The standard InChI is InChI=1S/C19H25N5O2/c1-19(2,3)26-18(25)24-8-5-12(6-9-24)10-14-16-13-4-7-20-17(13)21-11-15(16)23-22-14/h4,7,11-12H,5-6,8-10H2,1-3H3,(H,20,21)(H,22,23). The quantitative estimate of drug-likeness (QED) is 0.735. The first-order valence-electron chi connectivity index (χ1n) is 9.18. The van der Waals surface area contributed by atoms with Crippen LogP contribution >= 0.6 is 0 Å². The summed E-state index contributed by atoms with van der Waals surface area (Å²) in [4.78, 5) is 21.6. The van der Waals surface area contributed by atoms with Crippen molar-refractivity contribution in [3.63, 3.8) is 0 Å². The first-order chi connectivity index (χ1) is 12.4. The molecule has 7 nitrogen and oxygen atoms in total. The van der Waals surface area contributed by atoms with Gasteiger partial charge in [0.05, 0.1) is 17.4 Å². The summed E-state index contributed by atoms with van der Waals surface area (Å²) in [7, 11) is 0. The summed E-state index contributed by atoms with van der Waals surface area (Å²) in [5.74, 6) is 0.516. The number of nitrogens with zero attached hydrogens (tertiary/aromatic N) is 3. The SMILES string of the molecule is CC(C)(C)OC(=O)N1CCC(Cc2n[nH]c3cnc4[nH]ccc4c23)CC1. The van der Waals surface area contributed by atoms with Crippen molar-refractivity contribution in [2.24, 2.45) is 5.92 Å². The summed E-state index contributed by atoms with van der Waals surface area (Å²) in [6.07, 6.45) is 6.38. The first-order valence-corrected chi connectivity index (χ1v) is 9.18. The molecule has 0 aromatic carbocycles. The Morgan fingerprint density at radius 2 is 2.12 bits per heavy atom. The number of fused-ring (bicyclic) bond motifs is 3. The molecule has 1 amide bonds. The molecule has 0 unspecified atom stereocenters. The van der Waals surface area contributed by atoms with Gasteiger partial charge in [-0.25, -0.2) is 9.78 Å². The topological polar surface area (TPSA) is 86.9 Å². The van der Waals surface area contributed by atoms with Gasteiger partial charge in [0.1, 0.15) is 11.2 Å². The molecular weight excluding hydrogens is 330 g/mol. The third-order valence-corrected chi connectivity index (χ3v) is 4.93. The van der Waals surface area contributed by atoms with Crippen molar-refractivity contribution in [3.05, 3.63) is 24.2 Å². The van der Waals surface area contributed by atoms with Crippen LogP contribution in [0, 0.1) is 5.92 Å². The molecule has 0 spiro atoms. The minimum atomic E-state index is -0.447. The van der Waals surface area contributed by atoms with E-state index in [4.69, 9.17) is 4.74 Å². The Hall–Kier alpha value is -2.57. The van der Waals surface area contributed by atoms with Gasteiger partial charge in [-0.05, 0) is 52.0 Å². The van der Waals surface area contributed by atoms with E-state index < -0.39 is 5.60 Å². The molecule has 26 heavy (non-hydrogen) atoms. The van der Waals surface area contributed by atoms with E-state index in [-0.39, 0.29) is 6.09 Å². The average molecular weight is 355 g/mol. The Morgan fingerprint density at radius 3 is 2.85 bits per heavy atom. The average Bonchev–Trinajstić information content (AvgIpc) is 3.20. The maximum Gasteiger partial charge on any atom is 0.410 e. The Bertz CT molecular complexity index is 928. The molecule has 0 saturated carbocycles. The second-order valence-corrected chi connectivity index (χ2v) is 8.07. The lowest BCUT2D eigenvalue weighted by molar-refractivity contribution is 0.0184. The van der Waals surface area contributed by atoms with Gasteiger partial charge in [-0.3, -0.25) is 5.10 Å². The molecule has 0 atom stereocenters. The van der Waals surface area contributed by atoms with Crippen molar-refractivity contribution >= 4 is 28.0 Å². The second-order valence-electron chi connectivity index (χ2n) is 8.07. The Balaban J connectivity index is 1.44. The van der Waals surface area contributed by atoms with E-state index in [9.17, 15) is 4.79 Å². The van der Waals surface area contributed by atoms with Crippen LogP contribution in [0.5, 0.6) is 0 Å². The van der Waals surface area contributed by atoms with Crippen LogP contribution in [0.4, 0.5) is 4.79 Å². The fourth-order valence-electron chi connectivity index (χ4n) is 3.65. The van der Waals surface area contributed by atoms with Crippen molar-refractivity contribution in [3.8, 4) is 0 Å². The third-order valence-electron chi connectivity index (χ3n) is 4.93. The van der Waals surface area contributed by atoms with Crippen LogP contribution in [0.25, 0.3) is 21.9 Å². The third kappa shape index (κ3) is 3.25. The highest BCUT2D eigenvalue weighted by molar-refractivity contribution is 6.04. The molecule has 138 valence electrons. The largest absolute Gasteiger partial charge is 0.444 e. The fraction of sp³-hybridized carbons (Fsp3) is 0.526. The molecule has 4 rings (SSSR count). The van der Waals surface area contributed by atoms with Gasteiger partial charge in [-0.2, -0.15) is 5.10 Å². The van der Waals surface area contributed by atoms with Crippen molar-refractivity contribution in [1.82, 2.24) is 25.1 Å². The van der Waals surface area contributed by atoms with E-state index >= 15 is 0 Å². The van der Waals surface area contributed by atoms with E-state index in [1.54, 1.807) is 0 Å². The molecule has 1 saturated heterocycles. The summed E-state index contributed by atoms with van der Waals surface area (Å²) in [6.45, 7) is 7.18. The van der Waals surface area contributed by atoms with Crippen LogP contribution in [-0.2, 0) is 11.2 Å². The van der Waals surface area contributed by atoms with Crippen LogP contribution < -0.4 is 0 Å². The van der Waals surface area contributed by atoms with Crippen LogP contribution in [-0.4, -0.2) is 49.8 Å². The zero-order valence-corrected chi connectivity index (χ0v) is 15.5. The van der Waals surface area contributed by atoms with Crippen LogP contribution in [0.15, 0.2) is 18.5 Å². The van der Waals surface area contributed by atoms with Gasteiger partial charge in [-0.15, -0.1) is 0 Å². The smallest absolute Gasteiger partial charge is 0.410 e. The van der Waals surface area contributed by atoms with Gasteiger partial charge in [-0.1, -0.05) is 0 Å². The van der Waals surface area contributed by atoms with E-state index in [2.05, 4.69) is 26.2 Å². The number of H-pyrrole nitrogens is 2. The molecule has 0 aliphatic carbocycles. The highest BCUT2D eigenvalue weighted by Crippen LogP contribution is 2.29. The van der Waals surface area contributed by atoms with Gasteiger partial charge in [0.15, 0.2) is 0 Å². The molecular formula is C19H25N5O2. The highest BCUT2D eigenvalue weighted by Gasteiger charge is 2.27. The number of nitrogens with one attached hydrogen (secondary N) is 2. The molecule has 1 aliphatic rings. The van der Waals surface area contributed by atoms with Gasteiger partial charge in [0, 0.05) is 30.1 Å². The Morgan fingerprint density at radius 1 is 1.35 bits per heavy atom. The lowest BCUT2D eigenvalue weighted by atomic mass is 9.91. The highest BCUT2D eigenvalue weighted by atomic mass is 16.6. The molecule has 0 bridgehead atoms. The summed E-state index contributed by atoms with van der Waals surface area (Å²) in [6, 6.07) is 2.05. The second kappa shape index (κ2) is 6.30. The van der Waals surface area contributed by atoms with Crippen LogP contribution in [0.3, 0.4) is 0 Å². The van der Waals surface area contributed by atoms with E-state index in [0.717, 1.165) is 60.0 Å². The van der Waals surface area contributed by atoms with Crippen molar-refractivity contribution in [2.45, 2.75) is 45.6 Å². The molecule has 1 aliphatic heterocycles. The van der Waals surface area contributed by atoms with Gasteiger partial charge >= 0.3 is 6.09 Å². The summed E-state index contributed by atoms with van der Waals surface area (Å²) >= 11 is 0. The van der Waals surface area contributed by atoms with Gasteiger partial charge in [0.2, 0.25) is 0 Å². The van der Waals surface area contributed by atoms with Crippen molar-refractivity contribution < 1.29 is 9.53 Å². The number of hydrogen-bond acceptors (Lipinski definition) is 4. The Labute approximate surface area is 152 Å². The predicted molar refractivity (Wildman–Crippen MR) is 100.0 cm³/mol. The van der Waals surface area contributed by atoms with Crippen LogP contribution in [0.1, 0.15) is 39.3 Å². The summed E-state index contributed by atoms with van der Waals surface area (Å²) in [5, 5.41) is 9.91. The molecule has 3 aromatic rings. The number of likely N-dealkylation sites (tertiary alicyclic amines) is 1. The van der Waals surface area contributed by atoms with Gasteiger partial charge < -0.3 is 14.6 Å². The first kappa shape index (κ1) is 16.9. The van der Waals surface area contributed by atoms with E-state index in [1.807, 2.05) is 38.1 Å². The molecule has 1 fully saturated rings. The number of pyridine rings is 1. The lowest BCUT2D eigenvalue weighted by Crippen LogP contribution is -2.42.